The van der Waals surface area contributed by atoms with Gasteiger partial charge < -0.3 is 5.73 Å². The van der Waals surface area contributed by atoms with E-state index in [4.69, 9.17) is 17.3 Å². The number of nitrogens with zero attached hydrogens (tertiary/aromatic N) is 2. The number of rotatable bonds is 2. The monoisotopic (exact) mass is 367 g/mol. The van der Waals surface area contributed by atoms with Gasteiger partial charge in [-0.05, 0) is 34.1 Å². The van der Waals surface area contributed by atoms with E-state index in [1.807, 2.05) is 43.4 Å². The summed E-state index contributed by atoms with van der Waals surface area (Å²) in [7, 11) is 1.84. The zero-order valence-electron chi connectivity index (χ0n) is 10.6. The lowest BCUT2D eigenvalue weighted by Crippen LogP contribution is -1.98. The van der Waals surface area contributed by atoms with Crippen molar-refractivity contribution in [1.29, 1.82) is 0 Å². The first kappa shape index (κ1) is 13.7. The van der Waals surface area contributed by atoms with E-state index < -0.39 is 0 Å². The molecule has 20 heavy (non-hydrogen) atoms. The van der Waals surface area contributed by atoms with Gasteiger partial charge in [0.1, 0.15) is 11.5 Å². The van der Waals surface area contributed by atoms with E-state index in [2.05, 4.69) is 21.0 Å². The molecule has 0 spiro atoms. The largest absolute Gasteiger partial charge is 0.383 e. The molecule has 0 radical (unpaired) electrons. The SMILES string of the molecule is Cn1nc(-c2ccc(Br)s2)c(-c2ccccc2Cl)c1N. The van der Waals surface area contributed by atoms with Crippen molar-refractivity contribution in [1.82, 2.24) is 9.78 Å². The van der Waals surface area contributed by atoms with Crippen molar-refractivity contribution in [2.75, 3.05) is 5.73 Å². The smallest absolute Gasteiger partial charge is 0.130 e. The number of aryl methyl sites for hydroxylation is 1. The Morgan fingerprint density at radius 2 is 2.00 bits per heavy atom. The molecule has 1 aromatic carbocycles. The van der Waals surface area contributed by atoms with Crippen LogP contribution >= 0.6 is 38.9 Å². The molecule has 0 fully saturated rings. The van der Waals surface area contributed by atoms with Crippen LogP contribution < -0.4 is 5.73 Å². The fraction of sp³-hybridized carbons (Fsp3) is 0.0714. The van der Waals surface area contributed by atoms with Crippen LogP contribution in [0, 0.1) is 0 Å². The van der Waals surface area contributed by atoms with Crippen molar-refractivity contribution < 1.29 is 0 Å². The number of nitrogens with two attached hydrogens (primary N) is 1. The summed E-state index contributed by atoms with van der Waals surface area (Å²) in [6.07, 6.45) is 0. The minimum atomic E-state index is 0.609. The van der Waals surface area contributed by atoms with Crippen LogP contribution in [-0.2, 0) is 7.05 Å². The van der Waals surface area contributed by atoms with Crippen molar-refractivity contribution in [2.24, 2.45) is 7.05 Å². The number of nitrogen functional groups attached to an aromatic ring is 1. The van der Waals surface area contributed by atoms with E-state index in [1.165, 1.54) is 0 Å². The van der Waals surface area contributed by atoms with Crippen LogP contribution in [0.2, 0.25) is 5.02 Å². The van der Waals surface area contributed by atoms with E-state index in [1.54, 1.807) is 16.0 Å². The molecule has 0 aliphatic rings. The highest BCUT2D eigenvalue weighted by Gasteiger charge is 2.20. The van der Waals surface area contributed by atoms with Crippen LogP contribution in [-0.4, -0.2) is 9.78 Å². The maximum atomic E-state index is 6.31. The molecule has 102 valence electrons. The zero-order chi connectivity index (χ0) is 14.3. The maximum Gasteiger partial charge on any atom is 0.130 e. The number of anilines is 1. The third-order valence-corrected chi connectivity index (χ3v) is 5.00. The molecule has 0 saturated heterocycles. The fourth-order valence-electron chi connectivity index (χ4n) is 2.08. The Labute approximate surface area is 134 Å². The predicted molar refractivity (Wildman–Crippen MR) is 89.1 cm³/mol. The molecule has 0 atom stereocenters. The Morgan fingerprint density at radius 1 is 1.25 bits per heavy atom. The van der Waals surface area contributed by atoms with Crippen molar-refractivity contribution in [2.45, 2.75) is 0 Å². The Balaban J connectivity index is 2.28. The van der Waals surface area contributed by atoms with E-state index in [0.29, 0.717) is 10.8 Å². The van der Waals surface area contributed by atoms with Gasteiger partial charge in [-0.15, -0.1) is 11.3 Å². The molecule has 0 unspecified atom stereocenters. The number of hydrogen-bond acceptors (Lipinski definition) is 3. The van der Waals surface area contributed by atoms with Gasteiger partial charge in [0.2, 0.25) is 0 Å². The maximum absolute atomic E-state index is 6.31. The van der Waals surface area contributed by atoms with Gasteiger partial charge in [0.15, 0.2) is 0 Å². The van der Waals surface area contributed by atoms with Crippen LogP contribution in [0.15, 0.2) is 40.2 Å². The highest BCUT2D eigenvalue weighted by Crippen LogP contribution is 2.41. The molecule has 3 rings (SSSR count). The minimum absolute atomic E-state index is 0.609. The molecular formula is C14H11BrClN3S. The molecule has 0 saturated carbocycles. The predicted octanol–water partition coefficient (Wildman–Crippen LogP) is 4.81. The van der Waals surface area contributed by atoms with Crippen LogP contribution in [0.5, 0.6) is 0 Å². The molecule has 2 aromatic heterocycles. The summed E-state index contributed by atoms with van der Waals surface area (Å²) in [4.78, 5) is 1.05. The lowest BCUT2D eigenvalue weighted by Gasteiger charge is -2.05. The molecule has 0 aliphatic heterocycles. The molecule has 0 bridgehead atoms. The standard InChI is InChI=1S/C14H11BrClN3S/c1-19-14(17)12(8-4-2-3-5-9(8)16)13(18-19)10-6-7-11(15)20-10/h2-7H,17H2,1H3. The Kier molecular flexibility index (Phi) is 3.58. The Morgan fingerprint density at radius 3 is 2.65 bits per heavy atom. The summed E-state index contributed by atoms with van der Waals surface area (Å²) in [6.45, 7) is 0. The molecule has 0 aliphatic carbocycles. The highest BCUT2D eigenvalue weighted by molar-refractivity contribution is 9.11. The quantitative estimate of drug-likeness (QED) is 0.705. The summed E-state index contributed by atoms with van der Waals surface area (Å²) in [5.74, 6) is 0.609. The first-order chi connectivity index (χ1) is 9.58. The average Bonchev–Trinajstić information content (AvgIpc) is 2.96. The minimum Gasteiger partial charge on any atom is -0.383 e. The van der Waals surface area contributed by atoms with Crippen LogP contribution in [0.25, 0.3) is 21.7 Å². The van der Waals surface area contributed by atoms with E-state index in [0.717, 1.165) is 25.5 Å². The second-order valence-corrected chi connectivity index (χ2v) is 7.19. The number of thiophene rings is 1. The van der Waals surface area contributed by atoms with Gasteiger partial charge in [0.05, 0.1) is 14.2 Å². The zero-order valence-corrected chi connectivity index (χ0v) is 13.8. The van der Waals surface area contributed by atoms with Gasteiger partial charge in [-0.2, -0.15) is 5.10 Å². The molecule has 6 heteroatoms. The topological polar surface area (TPSA) is 43.8 Å². The van der Waals surface area contributed by atoms with Gasteiger partial charge in [-0.25, -0.2) is 0 Å². The summed E-state index contributed by atoms with van der Waals surface area (Å²) in [5, 5.41) is 5.20. The van der Waals surface area contributed by atoms with Crippen LogP contribution in [0.4, 0.5) is 5.82 Å². The van der Waals surface area contributed by atoms with Crippen LogP contribution in [0.1, 0.15) is 0 Å². The lowest BCUT2D eigenvalue weighted by molar-refractivity contribution is 0.783. The van der Waals surface area contributed by atoms with Gasteiger partial charge in [-0.1, -0.05) is 29.8 Å². The molecule has 3 nitrogen and oxygen atoms in total. The summed E-state index contributed by atoms with van der Waals surface area (Å²) >= 11 is 11.4. The molecule has 2 heterocycles. The molecule has 0 amide bonds. The van der Waals surface area contributed by atoms with E-state index in [-0.39, 0.29) is 0 Å². The molecule has 2 N–H and O–H groups in total. The van der Waals surface area contributed by atoms with Crippen molar-refractivity contribution in [3.05, 3.63) is 45.2 Å². The molecular weight excluding hydrogens is 358 g/mol. The lowest BCUT2D eigenvalue weighted by atomic mass is 10.0. The average molecular weight is 369 g/mol. The number of halogens is 2. The Bertz CT molecular complexity index is 779. The van der Waals surface area contributed by atoms with Crippen molar-refractivity contribution >= 4 is 44.7 Å². The van der Waals surface area contributed by atoms with Gasteiger partial charge in [0, 0.05) is 17.6 Å². The third kappa shape index (κ3) is 2.26. The second-order valence-electron chi connectivity index (χ2n) is 4.32. The molecule has 3 aromatic rings. The first-order valence-corrected chi connectivity index (χ1v) is 7.89. The van der Waals surface area contributed by atoms with E-state index >= 15 is 0 Å². The van der Waals surface area contributed by atoms with Crippen molar-refractivity contribution in [3.8, 4) is 21.7 Å². The van der Waals surface area contributed by atoms with Gasteiger partial charge in [-0.3, -0.25) is 4.68 Å². The second kappa shape index (κ2) is 5.24. The van der Waals surface area contributed by atoms with Gasteiger partial charge >= 0.3 is 0 Å². The number of benzene rings is 1. The van der Waals surface area contributed by atoms with Gasteiger partial charge in [0.25, 0.3) is 0 Å². The summed E-state index contributed by atoms with van der Waals surface area (Å²) in [6, 6.07) is 11.7. The third-order valence-electron chi connectivity index (χ3n) is 3.04. The summed E-state index contributed by atoms with van der Waals surface area (Å²) in [5.41, 5.74) is 8.82. The summed E-state index contributed by atoms with van der Waals surface area (Å²) < 4.78 is 2.74. The van der Waals surface area contributed by atoms with Crippen LogP contribution in [0.3, 0.4) is 0 Å². The van der Waals surface area contributed by atoms with Crippen molar-refractivity contribution in [3.63, 3.8) is 0 Å². The Hall–Kier alpha value is -1.30. The first-order valence-electron chi connectivity index (χ1n) is 5.91. The highest BCUT2D eigenvalue weighted by atomic mass is 79.9. The number of hydrogen-bond donors (Lipinski definition) is 1. The fourth-order valence-corrected chi connectivity index (χ4v) is 3.69. The number of aromatic nitrogens is 2. The van der Waals surface area contributed by atoms with E-state index in [9.17, 15) is 0 Å². The normalized spacial score (nSPS) is 10.9.